The van der Waals surface area contributed by atoms with Crippen molar-refractivity contribution >= 4 is 11.8 Å². The average molecular weight is 407 g/mol. The van der Waals surface area contributed by atoms with Gasteiger partial charge in [-0.3, -0.25) is 9.59 Å². The molecule has 0 radical (unpaired) electrons. The molecule has 1 unspecified atom stereocenters. The van der Waals surface area contributed by atoms with E-state index in [0.717, 1.165) is 44.4 Å². The van der Waals surface area contributed by atoms with Crippen LogP contribution in [0.1, 0.15) is 71.6 Å². The smallest absolute Gasteiger partial charge is 0.316 e. The molecule has 4 saturated carbocycles. The van der Waals surface area contributed by atoms with Gasteiger partial charge in [0.15, 0.2) is 11.6 Å². The monoisotopic (exact) mass is 406 g/mol. The van der Waals surface area contributed by atoms with Crippen molar-refractivity contribution in [2.45, 2.75) is 77.4 Å². The molecule has 4 rings (SSSR count). The van der Waals surface area contributed by atoms with Crippen LogP contribution in [0.3, 0.4) is 0 Å². The van der Waals surface area contributed by atoms with Crippen molar-refractivity contribution in [1.29, 1.82) is 0 Å². The van der Waals surface area contributed by atoms with E-state index >= 15 is 0 Å². The van der Waals surface area contributed by atoms with Crippen molar-refractivity contribution in [3.63, 3.8) is 0 Å². The molecule has 5 heteroatoms. The molecule has 0 aliphatic heterocycles. The Hall–Kier alpha value is -0.940. The van der Waals surface area contributed by atoms with Gasteiger partial charge in [0.2, 0.25) is 0 Å². The molecule has 4 aliphatic carbocycles. The molecular weight excluding hydrogens is 368 g/mol. The number of ketones is 1. The fourth-order valence-electron chi connectivity index (χ4n) is 7.78. The maximum absolute atomic E-state index is 13.4. The maximum Gasteiger partial charge on any atom is 0.316 e. The number of hydrogen-bond acceptors (Lipinski definition) is 5. The van der Waals surface area contributed by atoms with E-state index in [1.807, 2.05) is 6.92 Å². The molecule has 4 fully saturated rings. The molecule has 0 bridgehead atoms. The lowest BCUT2D eigenvalue weighted by atomic mass is 9.46. The lowest BCUT2D eigenvalue weighted by molar-refractivity contribution is -0.247. The Morgan fingerprint density at radius 1 is 0.966 bits per heavy atom. The van der Waals surface area contributed by atoms with Crippen LogP contribution >= 0.6 is 0 Å². The van der Waals surface area contributed by atoms with E-state index in [0.29, 0.717) is 36.7 Å². The van der Waals surface area contributed by atoms with Crippen molar-refractivity contribution < 1.29 is 23.8 Å². The number of rotatable bonds is 4. The van der Waals surface area contributed by atoms with Crippen LogP contribution in [0, 0.1) is 40.9 Å². The minimum atomic E-state index is -0.539. The molecule has 0 aromatic heterocycles. The van der Waals surface area contributed by atoms with E-state index in [-0.39, 0.29) is 17.2 Å². The highest BCUT2D eigenvalue weighted by Gasteiger charge is 2.59. The molecule has 5 nitrogen and oxygen atoms in total. The van der Waals surface area contributed by atoms with Gasteiger partial charge in [-0.05, 0) is 81.5 Å². The van der Waals surface area contributed by atoms with E-state index in [2.05, 4.69) is 6.92 Å². The van der Waals surface area contributed by atoms with Crippen molar-refractivity contribution in [2.75, 3.05) is 20.8 Å². The molecule has 7 atom stereocenters. The van der Waals surface area contributed by atoms with Crippen molar-refractivity contribution in [1.82, 2.24) is 0 Å². The molecule has 29 heavy (non-hydrogen) atoms. The fraction of sp³-hybridized carbons (Fsp3) is 0.917. The summed E-state index contributed by atoms with van der Waals surface area (Å²) in [6.45, 7) is 4.31. The Kier molecular flexibility index (Phi) is 5.84. The summed E-state index contributed by atoms with van der Waals surface area (Å²) in [6.07, 6.45) is 9.25. The molecule has 0 saturated heterocycles. The van der Waals surface area contributed by atoms with Crippen molar-refractivity contribution in [3.8, 4) is 0 Å². The summed E-state index contributed by atoms with van der Waals surface area (Å²) in [5.74, 6) is 2.09. The number of fused-ring (bicyclic) bond motifs is 5. The largest absolute Gasteiger partial charge is 0.465 e. The predicted molar refractivity (Wildman–Crippen MR) is 109 cm³/mol. The number of Topliss-reactive ketones (excluding diaryl/α,β-unsaturated/α-hetero) is 1. The maximum atomic E-state index is 13.4. The predicted octanol–water partition coefficient (Wildman–Crippen LogP) is 4.38. The minimum Gasteiger partial charge on any atom is -0.465 e. The van der Waals surface area contributed by atoms with Crippen molar-refractivity contribution in [3.05, 3.63) is 0 Å². The topological polar surface area (TPSA) is 61.8 Å². The summed E-state index contributed by atoms with van der Waals surface area (Å²) in [7, 11) is 3.55. The van der Waals surface area contributed by atoms with Crippen LogP contribution in [0.2, 0.25) is 0 Å². The minimum absolute atomic E-state index is 0.161. The first-order valence-electron chi connectivity index (χ1n) is 11.7. The highest BCUT2D eigenvalue weighted by atomic mass is 16.7. The van der Waals surface area contributed by atoms with Gasteiger partial charge in [-0.25, -0.2) is 0 Å². The van der Waals surface area contributed by atoms with Gasteiger partial charge < -0.3 is 14.2 Å². The molecule has 0 aromatic rings. The van der Waals surface area contributed by atoms with E-state index in [9.17, 15) is 9.59 Å². The number of ether oxygens (including phenoxy) is 3. The zero-order valence-corrected chi connectivity index (χ0v) is 18.6. The van der Waals surface area contributed by atoms with Crippen LogP contribution in [0.15, 0.2) is 0 Å². The zero-order chi connectivity index (χ0) is 20.8. The number of esters is 1. The molecule has 0 N–H and O–H groups in total. The van der Waals surface area contributed by atoms with Gasteiger partial charge in [-0.1, -0.05) is 6.92 Å². The second-order valence-electron chi connectivity index (χ2n) is 10.2. The summed E-state index contributed by atoms with van der Waals surface area (Å²) in [4.78, 5) is 25.7. The van der Waals surface area contributed by atoms with Gasteiger partial charge in [-0.15, -0.1) is 0 Å². The summed E-state index contributed by atoms with van der Waals surface area (Å²) >= 11 is 0. The van der Waals surface area contributed by atoms with Gasteiger partial charge in [0.25, 0.3) is 0 Å². The lowest BCUT2D eigenvalue weighted by Crippen LogP contribution is -2.57. The quantitative estimate of drug-likeness (QED) is 0.394. The van der Waals surface area contributed by atoms with Crippen LogP contribution in [-0.2, 0) is 23.8 Å². The summed E-state index contributed by atoms with van der Waals surface area (Å²) in [5, 5.41) is 0. The fourth-order valence-corrected chi connectivity index (χ4v) is 7.78. The van der Waals surface area contributed by atoms with Crippen LogP contribution in [0.4, 0.5) is 0 Å². The molecule has 0 heterocycles. The highest BCUT2D eigenvalue weighted by molar-refractivity contribution is 6.02. The summed E-state index contributed by atoms with van der Waals surface area (Å²) < 4.78 is 16.8. The summed E-state index contributed by atoms with van der Waals surface area (Å²) in [5.41, 5.74) is -0.346. The molecule has 0 aromatic carbocycles. The highest BCUT2D eigenvalue weighted by Crippen LogP contribution is 2.61. The Morgan fingerprint density at radius 2 is 1.69 bits per heavy atom. The van der Waals surface area contributed by atoms with Crippen molar-refractivity contribution in [2.24, 2.45) is 40.9 Å². The average Bonchev–Trinajstić information content (AvgIpc) is 2.74. The third kappa shape index (κ3) is 3.37. The van der Waals surface area contributed by atoms with Gasteiger partial charge in [-0.2, -0.15) is 0 Å². The molecule has 0 amide bonds. The second kappa shape index (κ2) is 7.96. The zero-order valence-electron chi connectivity index (χ0n) is 18.6. The standard InChI is InChI=1S/C24H38O5/c1-5-29-22(26)19-8-9-20-18-7-6-15-14-24(27-3,28-4)13-11-16(15)17(18)10-12-23(20,2)21(19)25/h15-20H,5-14H2,1-4H3/t15-,16-,17+,18+,19?,20-,23-/m0/s1. The Bertz CT molecular complexity index is 641. The first-order valence-corrected chi connectivity index (χ1v) is 11.7. The van der Waals surface area contributed by atoms with E-state index < -0.39 is 11.7 Å². The van der Waals surface area contributed by atoms with Gasteiger partial charge in [0, 0.05) is 32.5 Å². The lowest BCUT2D eigenvalue weighted by Gasteiger charge is -2.59. The Balaban J connectivity index is 1.50. The molecular formula is C24H38O5. The Labute approximate surface area is 175 Å². The van der Waals surface area contributed by atoms with E-state index in [4.69, 9.17) is 14.2 Å². The SMILES string of the molecule is CCOC(=O)C1CC[C@H]2[C@@H]3CC[C@H]4CC(OC)(OC)CC[C@@H]4[C@H]3CC[C@]2(C)C1=O. The van der Waals surface area contributed by atoms with Crippen LogP contribution in [0.25, 0.3) is 0 Å². The molecule has 0 spiro atoms. The third-order valence-electron chi connectivity index (χ3n) is 9.30. The van der Waals surface area contributed by atoms with Crippen LogP contribution in [-0.4, -0.2) is 38.4 Å². The van der Waals surface area contributed by atoms with Crippen LogP contribution < -0.4 is 0 Å². The first-order chi connectivity index (χ1) is 13.9. The van der Waals surface area contributed by atoms with Crippen LogP contribution in [0.5, 0.6) is 0 Å². The van der Waals surface area contributed by atoms with E-state index in [1.54, 1.807) is 14.2 Å². The number of hydrogen-bond donors (Lipinski definition) is 0. The normalized spacial score (nSPS) is 43.7. The third-order valence-corrected chi connectivity index (χ3v) is 9.30. The number of carbonyl (C=O) groups excluding carboxylic acids is 2. The van der Waals surface area contributed by atoms with E-state index in [1.165, 1.54) is 12.8 Å². The van der Waals surface area contributed by atoms with Gasteiger partial charge >= 0.3 is 5.97 Å². The number of methoxy groups -OCH3 is 2. The molecule has 164 valence electrons. The molecule has 4 aliphatic rings. The van der Waals surface area contributed by atoms with Gasteiger partial charge in [0.05, 0.1) is 6.61 Å². The first kappa shape index (κ1) is 21.3. The number of carbonyl (C=O) groups is 2. The summed E-state index contributed by atoms with van der Waals surface area (Å²) in [6, 6.07) is 0. The van der Waals surface area contributed by atoms with Gasteiger partial charge in [0.1, 0.15) is 5.92 Å². The Morgan fingerprint density at radius 3 is 2.38 bits per heavy atom. The second-order valence-corrected chi connectivity index (χ2v) is 10.2.